The highest BCUT2D eigenvalue weighted by molar-refractivity contribution is 14.1. The number of methoxy groups -OCH3 is 1. The van der Waals surface area contributed by atoms with Gasteiger partial charge in [0.15, 0.2) is 0 Å². The first-order valence-corrected chi connectivity index (χ1v) is 6.96. The highest BCUT2D eigenvalue weighted by atomic mass is 127. The molecule has 0 aliphatic carbocycles. The lowest BCUT2D eigenvalue weighted by Gasteiger charge is -2.16. The molecule has 100 valence electrons. The second-order valence-electron chi connectivity index (χ2n) is 4.37. The first kappa shape index (κ1) is 14.3. The van der Waals surface area contributed by atoms with Crippen LogP contribution in [-0.4, -0.2) is 7.11 Å². The Balaban J connectivity index is 2.38. The van der Waals surface area contributed by atoms with Gasteiger partial charge in [-0.05, 0) is 64.4 Å². The SMILES string of the molecule is COc1ccc(C(N)c2ccc(F)cc2I)cc1C. The predicted octanol–water partition coefficient (Wildman–Crippen LogP) is 3.80. The van der Waals surface area contributed by atoms with Crippen molar-refractivity contribution in [3.63, 3.8) is 0 Å². The van der Waals surface area contributed by atoms with E-state index >= 15 is 0 Å². The molecule has 2 N–H and O–H groups in total. The van der Waals surface area contributed by atoms with Crippen molar-refractivity contribution in [2.75, 3.05) is 7.11 Å². The molecule has 2 aromatic rings. The molecule has 1 atom stereocenters. The fraction of sp³-hybridized carbons (Fsp3) is 0.200. The summed E-state index contributed by atoms with van der Waals surface area (Å²) in [7, 11) is 1.64. The van der Waals surface area contributed by atoms with Crippen molar-refractivity contribution in [2.45, 2.75) is 13.0 Å². The monoisotopic (exact) mass is 371 g/mol. The van der Waals surface area contributed by atoms with E-state index in [-0.39, 0.29) is 11.9 Å². The van der Waals surface area contributed by atoms with Gasteiger partial charge in [0.1, 0.15) is 11.6 Å². The van der Waals surface area contributed by atoms with E-state index < -0.39 is 0 Å². The number of nitrogens with two attached hydrogens (primary N) is 1. The van der Waals surface area contributed by atoms with Crippen molar-refractivity contribution in [3.8, 4) is 5.75 Å². The maximum atomic E-state index is 13.1. The Morgan fingerprint density at radius 2 is 1.95 bits per heavy atom. The number of aryl methyl sites for hydroxylation is 1. The Hall–Kier alpha value is -1.14. The molecule has 0 bridgehead atoms. The van der Waals surface area contributed by atoms with Gasteiger partial charge in [-0.1, -0.05) is 18.2 Å². The second-order valence-corrected chi connectivity index (χ2v) is 5.53. The van der Waals surface area contributed by atoms with Crippen LogP contribution in [0.15, 0.2) is 36.4 Å². The Kier molecular flexibility index (Phi) is 4.42. The standard InChI is InChI=1S/C15H15FINO/c1-9-7-10(3-6-14(9)19-2)15(18)12-5-4-11(16)8-13(12)17/h3-8,15H,18H2,1-2H3. The molecule has 2 rings (SSSR count). The Morgan fingerprint density at radius 3 is 2.53 bits per heavy atom. The zero-order chi connectivity index (χ0) is 14.0. The van der Waals surface area contributed by atoms with Crippen LogP contribution in [0.3, 0.4) is 0 Å². The number of benzene rings is 2. The lowest BCUT2D eigenvalue weighted by Crippen LogP contribution is -2.13. The van der Waals surface area contributed by atoms with E-state index in [9.17, 15) is 4.39 Å². The molecule has 4 heteroatoms. The summed E-state index contributed by atoms with van der Waals surface area (Å²) in [5.41, 5.74) is 9.21. The summed E-state index contributed by atoms with van der Waals surface area (Å²) in [5, 5.41) is 0. The number of ether oxygens (including phenoxy) is 1. The first-order chi connectivity index (χ1) is 9.02. The molecule has 0 radical (unpaired) electrons. The molecule has 0 heterocycles. The first-order valence-electron chi connectivity index (χ1n) is 5.88. The van der Waals surface area contributed by atoms with Crippen LogP contribution in [-0.2, 0) is 0 Å². The lowest BCUT2D eigenvalue weighted by molar-refractivity contribution is 0.411. The summed E-state index contributed by atoms with van der Waals surface area (Å²) in [6.07, 6.45) is 0. The maximum Gasteiger partial charge on any atom is 0.124 e. The third-order valence-corrected chi connectivity index (χ3v) is 4.01. The van der Waals surface area contributed by atoms with Gasteiger partial charge in [0.05, 0.1) is 13.2 Å². The molecule has 0 aromatic heterocycles. The molecule has 19 heavy (non-hydrogen) atoms. The minimum absolute atomic E-state index is 0.244. The molecule has 1 unspecified atom stereocenters. The summed E-state index contributed by atoms with van der Waals surface area (Å²) in [6, 6.07) is 10.2. The quantitative estimate of drug-likeness (QED) is 0.834. The van der Waals surface area contributed by atoms with Gasteiger partial charge in [-0.15, -0.1) is 0 Å². The van der Waals surface area contributed by atoms with Gasteiger partial charge >= 0.3 is 0 Å². The lowest BCUT2D eigenvalue weighted by atomic mass is 9.98. The normalized spacial score (nSPS) is 12.3. The van der Waals surface area contributed by atoms with Gasteiger partial charge in [0.25, 0.3) is 0 Å². The van der Waals surface area contributed by atoms with E-state index in [1.165, 1.54) is 12.1 Å². The number of rotatable bonds is 3. The summed E-state index contributed by atoms with van der Waals surface area (Å²) in [6.45, 7) is 1.98. The van der Waals surface area contributed by atoms with Gasteiger partial charge < -0.3 is 10.5 Å². The van der Waals surface area contributed by atoms with E-state index in [0.29, 0.717) is 0 Å². The van der Waals surface area contributed by atoms with Crippen molar-refractivity contribution >= 4 is 22.6 Å². The van der Waals surface area contributed by atoms with Crippen molar-refractivity contribution in [1.29, 1.82) is 0 Å². The fourth-order valence-electron chi connectivity index (χ4n) is 2.03. The number of hydrogen-bond acceptors (Lipinski definition) is 2. The van der Waals surface area contributed by atoms with Crippen LogP contribution in [0, 0.1) is 16.3 Å². The molecule has 0 fully saturated rings. The molecular formula is C15H15FINO. The van der Waals surface area contributed by atoms with Crippen LogP contribution in [0.25, 0.3) is 0 Å². The van der Waals surface area contributed by atoms with Crippen LogP contribution < -0.4 is 10.5 Å². The van der Waals surface area contributed by atoms with Crippen LogP contribution in [0.2, 0.25) is 0 Å². The average molecular weight is 371 g/mol. The molecule has 2 nitrogen and oxygen atoms in total. The minimum Gasteiger partial charge on any atom is -0.496 e. The highest BCUT2D eigenvalue weighted by Gasteiger charge is 2.14. The topological polar surface area (TPSA) is 35.2 Å². The van der Waals surface area contributed by atoms with Gasteiger partial charge in [0.2, 0.25) is 0 Å². The smallest absolute Gasteiger partial charge is 0.124 e. The molecule has 2 aromatic carbocycles. The highest BCUT2D eigenvalue weighted by Crippen LogP contribution is 2.28. The van der Waals surface area contributed by atoms with Crippen molar-refractivity contribution in [1.82, 2.24) is 0 Å². The Bertz CT molecular complexity index is 601. The van der Waals surface area contributed by atoms with E-state index in [2.05, 4.69) is 22.6 Å². The minimum atomic E-state index is -0.267. The molecule has 0 amide bonds. The fourth-order valence-corrected chi connectivity index (χ4v) is 2.84. The van der Waals surface area contributed by atoms with E-state index in [1.54, 1.807) is 13.2 Å². The van der Waals surface area contributed by atoms with Gasteiger partial charge in [0, 0.05) is 3.57 Å². The number of hydrogen-bond donors (Lipinski definition) is 1. The third-order valence-electron chi connectivity index (χ3n) is 3.08. The average Bonchev–Trinajstić information content (AvgIpc) is 2.38. The zero-order valence-corrected chi connectivity index (χ0v) is 12.9. The van der Waals surface area contributed by atoms with E-state index in [1.807, 2.05) is 25.1 Å². The summed E-state index contributed by atoms with van der Waals surface area (Å²) in [5.74, 6) is 0.594. The Morgan fingerprint density at radius 1 is 1.21 bits per heavy atom. The second kappa shape index (κ2) is 5.88. The van der Waals surface area contributed by atoms with Crippen LogP contribution in [0.5, 0.6) is 5.75 Å². The summed E-state index contributed by atoms with van der Waals surface area (Å²) in [4.78, 5) is 0. The molecule has 0 aliphatic heterocycles. The summed E-state index contributed by atoms with van der Waals surface area (Å²) < 4.78 is 19.2. The van der Waals surface area contributed by atoms with Crippen molar-refractivity contribution in [3.05, 3.63) is 62.5 Å². The summed E-state index contributed by atoms with van der Waals surface area (Å²) >= 11 is 2.11. The molecule has 0 spiro atoms. The third kappa shape index (κ3) is 3.06. The molecule has 0 saturated carbocycles. The molecular weight excluding hydrogens is 356 g/mol. The van der Waals surface area contributed by atoms with Gasteiger partial charge in [-0.3, -0.25) is 0 Å². The van der Waals surface area contributed by atoms with Crippen LogP contribution >= 0.6 is 22.6 Å². The van der Waals surface area contributed by atoms with Crippen molar-refractivity contribution in [2.24, 2.45) is 5.73 Å². The predicted molar refractivity (Wildman–Crippen MR) is 82.9 cm³/mol. The van der Waals surface area contributed by atoms with Crippen LogP contribution in [0.4, 0.5) is 4.39 Å². The van der Waals surface area contributed by atoms with Crippen molar-refractivity contribution < 1.29 is 9.13 Å². The molecule has 0 saturated heterocycles. The number of halogens is 2. The van der Waals surface area contributed by atoms with Crippen LogP contribution in [0.1, 0.15) is 22.7 Å². The molecule has 0 aliphatic rings. The maximum absolute atomic E-state index is 13.1. The van der Waals surface area contributed by atoms with E-state index in [0.717, 1.165) is 26.0 Å². The Labute approximate surface area is 125 Å². The largest absolute Gasteiger partial charge is 0.496 e. The zero-order valence-electron chi connectivity index (χ0n) is 10.8. The van der Waals surface area contributed by atoms with Gasteiger partial charge in [-0.2, -0.15) is 0 Å². The van der Waals surface area contributed by atoms with Gasteiger partial charge in [-0.25, -0.2) is 4.39 Å². The van der Waals surface area contributed by atoms with E-state index in [4.69, 9.17) is 10.5 Å².